The number of nitrogens with zero attached hydrogens (tertiary/aromatic N) is 1. The highest BCUT2D eigenvalue weighted by Gasteiger charge is 2.32. The molecule has 1 amide bonds. The smallest absolute Gasteiger partial charge is 0.240 e. The van der Waals surface area contributed by atoms with Crippen LogP contribution in [0.3, 0.4) is 0 Å². The Morgan fingerprint density at radius 1 is 1.85 bits per heavy atom. The predicted molar refractivity (Wildman–Crippen MR) is 44.6 cm³/mol. The Hall–Kier alpha value is -1.65. The van der Waals surface area contributed by atoms with Crippen LogP contribution in [0.25, 0.3) is 0 Å². The summed E-state index contributed by atoms with van der Waals surface area (Å²) in [6.45, 7) is 0.284. The standard InChI is InChI=1S/C7H9N3O3/c1-13-10-5-2-9-6(7(8)12)4(5)3-11/h6,9H,2H2,1H3,(H2,8,12). The van der Waals surface area contributed by atoms with E-state index in [0.29, 0.717) is 5.71 Å². The van der Waals surface area contributed by atoms with Gasteiger partial charge in [-0.1, -0.05) is 5.16 Å². The SMILES string of the molecule is CON=C1CNC(C(N)=O)C1=C=O. The molecule has 0 saturated carbocycles. The van der Waals surface area contributed by atoms with Crippen molar-refractivity contribution < 1.29 is 14.4 Å². The molecule has 70 valence electrons. The number of nitrogens with two attached hydrogens (primary N) is 1. The summed E-state index contributed by atoms with van der Waals surface area (Å²) in [6.07, 6.45) is 0. The molecule has 1 aliphatic rings. The number of carbonyl (C=O) groups excluding carboxylic acids is 2. The first-order chi connectivity index (χ1) is 6.20. The zero-order chi connectivity index (χ0) is 9.84. The van der Waals surface area contributed by atoms with Crippen LogP contribution in [0.4, 0.5) is 0 Å². The Bertz CT molecular complexity index is 304. The lowest BCUT2D eigenvalue weighted by molar-refractivity contribution is -0.118. The second-order valence-electron chi connectivity index (χ2n) is 2.45. The van der Waals surface area contributed by atoms with Crippen LogP contribution in [0.15, 0.2) is 10.7 Å². The molecule has 0 aliphatic carbocycles. The molecule has 1 unspecified atom stereocenters. The number of hydrogen-bond acceptors (Lipinski definition) is 5. The Morgan fingerprint density at radius 2 is 2.54 bits per heavy atom. The maximum atomic E-state index is 10.8. The van der Waals surface area contributed by atoms with E-state index in [-0.39, 0.29) is 12.1 Å². The largest absolute Gasteiger partial charge is 0.399 e. The van der Waals surface area contributed by atoms with Gasteiger partial charge >= 0.3 is 0 Å². The minimum atomic E-state index is -0.800. The minimum Gasteiger partial charge on any atom is -0.399 e. The summed E-state index contributed by atoms with van der Waals surface area (Å²) < 4.78 is 0. The van der Waals surface area contributed by atoms with Gasteiger partial charge < -0.3 is 10.6 Å². The van der Waals surface area contributed by atoms with Crippen LogP contribution >= 0.6 is 0 Å². The van der Waals surface area contributed by atoms with Gasteiger partial charge in [-0.2, -0.15) is 0 Å². The third-order valence-electron chi connectivity index (χ3n) is 1.67. The molecule has 0 aromatic rings. The third kappa shape index (κ3) is 1.74. The van der Waals surface area contributed by atoms with Crippen molar-refractivity contribution in [3.63, 3.8) is 0 Å². The molecule has 1 heterocycles. The van der Waals surface area contributed by atoms with E-state index < -0.39 is 11.9 Å². The van der Waals surface area contributed by atoms with E-state index in [1.54, 1.807) is 5.94 Å². The zero-order valence-electron chi connectivity index (χ0n) is 7.03. The summed E-state index contributed by atoms with van der Waals surface area (Å²) in [7, 11) is 1.35. The van der Waals surface area contributed by atoms with Crippen molar-refractivity contribution in [1.29, 1.82) is 0 Å². The molecule has 1 atom stereocenters. The fourth-order valence-corrected chi connectivity index (χ4v) is 1.11. The first-order valence-electron chi connectivity index (χ1n) is 3.58. The Labute approximate surface area is 74.4 Å². The van der Waals surface area contributed by atoms with Gasteiger partial charge in [-0.3, -0.25) is 10.1 Å². The Balaban J connectivity index is 2.95. The maximum Gasteiger partial charge on any atom is 0.240 e. The van der Waals surface area contributed by atoms with Crippen molar-refractivity contribution in [2.45, 2.75) is 6.04 Å². The molecule has 1 saturated heterocycles. The number of hydrogen-bond donors (Lipinski definition) is 2. The number of nitrogens with one attached hydrogen (secondary N) is 1. The second kappa shape index (κ2) is 3.84. The van der Waals surface area contributed by atoms with Gasteiger partial charge in [-0.15, -0.1) is 0 Å². The summed E-state index contributed by atoms with van der Waals surface area (Å²) in [6, 6.07) is -0.800. The first-order valence-corrected chi connectivity index (χ1v) is 3.58. The van der Waals surface area contributed by atoms with Crippen LogP contribution in [0.1, 0.15) is 0 Å². The molecule has 3 N–H and O–H groups in total. The quantitative estimate of drug-likeness (QED) is 0.390. The highest BCUT2D eigenvalue weighted by atomic mass is 16.6. The van der Waals surface area contributed by atoms with Gasteiger partial charge in [0.25, 0.3) is 0 Å². The molecule has 13 heavy (non-hydrogen) atoms. The van der Waals surface area contributed by atoms with Crippen LogP contribution in [0, 0.1) is 0 Å². The second-order valence-corrected chi connectivity index (χ2v) is 2.45. The van der Waals surface area contributed by atoms with Gasteiger partial charge in [0.05, 0.1) is 5.57 Å². The third-order valence-corrected chi connectivity index (χ3v) is 1.67. The van der Waals surface area contributed by atoms with E-state index in [4.69, 9.17) is 5.73 Å². The van der Waals surface area contributed by atoms with Gasteiger partial charge in [0.15, 0.2) is 0 Å². The average molecular weight is 183 g/mol. The summed E-state index contributed by atoms with van der Waals surface area (Å²) in [4.78, 5) is 25.7. The van der Waals surface area contributed by atoms with Crippen LogP contribution in [0.2, 0.25) is 0 Å². The molecule has 0 spiro atoms. The van der Waals surface area contributed by atoms with Crippen molar-refractivity contribution >= 4 is 17.6 Å². The number of rotatable bonds is 2. The van der Waals surface area contributed by atoms with Crippen molar-refractivity contribution in [3.05, 3.63) is 5.57 Å². The lowest BCUT2D eigenvalue weighted by Crippen LogP contribution is -2.37. The Kier molecular flexibility index (Phi) is 2.79. The molecule has 1 fully saturated rings. The molecule has 0 radical (unpaired) electrons. The normalized spacial score (nSPS) is 24.5. The zero-order valence-corrected chi connectivity index (χ0v) is 7.03. The number of amides is 1. The number of carbonyl (C=O) groups is 1. The van der Waals surface area contributed by atoms with E-state index in [1.807, 2.05) is 0 Å². The topological polar surface area (TPSA) is 93.8 Å². The summed E-state index contributed by atoms with van der Waals surface area (Å²) in [5, 5.41) is 6.26. The monoisotopic (exact) mass is 183 g/mol. The van der Waals surface area contributed by atoms with Gasteiger partial charge in [-0.05, 0) is 0 Å². The molecule has 6 nitrogen and oxygen atoms in total. The van der Waals surface area contributed by atoms with Crippen molar-refractivity contribution in [2.24, 2.45) is 10.9 Å². The van der Waals surface area contributed by atoms with Gasteiger partial charge in [0.1, 0.15) is 24.8 Å². The Morgan fingerprint density at radius 3 is 3.00 bits per heavy atom. The fourth-order valence-electron chi connectivity index (χ4n) is 1.11. The molecule has 0 aromatic carbocycles. The van der Waals surface area contributed by atoms with Gasteiger partial charge in [0.2, 0.25) is 5.91 Å². The summed E-state index contributed by atoms with van der Waals surface area (Å²) >= 11 is 0. The first kappa shape index (κ1) is 9.44. The van der Waals surface area contributed by atoms with Gasteiger partial charge in [0, 0.05) is 6.54 Å². The van der Waals surface area contributed by atoms with Crippen molar-refractivity contribution in [3.8, 4) is 0 Å². The lowest BCUT2D eigenvalue weighted by atomic mass is 10.1. The van der Waals surface area contributed by atoms with Crippen LogP contribution in [0.5, 0.6) is 0 Å². The molecular weight excluding hydrogens is 174 g/mol. The summed E-state index contributed by atoms with van der Waals surface area (Å²) in [5.74, 6) is 0.997. The maximum absolute atomic E-state index is 10.8. The minimum absolute atomic E-state index is 0.120. The van der Waals surface area contributed by atoms with E-state index in [9.17, 15) is 9.59 Å². The lowest BCUT2D eigenvalue weighted by Gasteiger charge is -2.02. The van der Waals surface area contributed by atoms with Crippen LogP contribution in [-0.2, 0) is 14.4 Å². The molecule has 0 bridgehead atoms. The number of oxime groups is 1. The van der Waals surface area contributed by atoms with Crippen LogP contribution in [-0.4, -0.2) is 37.3 Å². The highest BCUT2D eigenvalue weighted by molar-refractivity contribution is 6.15. The average Bonchev–Trinajstić information content (AvgIpc) is 2.48. The van der Waals surface area contributed by atoms with Crippen molar-refractivity contribution in [1.82, 2.24) is 5.32 Å². The molecule has 6 heteroatoms. The van der Waals surface area contributed by atoms with E-state index in [2.05, 4.69) is 15.3 Å². The van der Waals surface area contributed by atoms with E-state index in [0.717, 1.165) is 0 Å². The van der Waals surface area contributed by atoms with Crippen molar-refractivity contribution in [2.75, 3.05) is 13.7 Å². The molecule has 0 aromatic heterocycles. The number of primary amides is 1. The highest BCUT2D eigenvalue weighted by Crippen LogP contribution is 2.08. The molecule has 1 rings (SSSR count). The molecular formula is C7H9N3O3. The predicted octanol–water partition coefficient (Wildman–Crippen LogP) is -1.80. The molecule has 1 aliphatic heterocycles. The van der Waals surface area contributed by atoms with E-state index in [1.165, 1.54) is 7.11 Å². The van der Waals surface area contributed by atoms with E-state index >= 15 is 0 Å². The van der Waals surface area contributed by atoms with Gasteiger partial charge in [-0.25, -0.2) is 4.79 Å². The van der Waals surface area contributed by atoms with Crippen LogP contribution < -0.4 is 11.1 Å². The summed E-state index contributed by atoms with van der Waals surface area (Å²) in [5.41, 5.74) is 5.51. The fraction of sp³-hybridized carbons (Fsp3) is 0.429.